The first kappa shape index (κ1) is 24.8. The van der Waals surface area contributed by atoms with Gasteiger partial charge in [-0.2, -0.15) is 0 Å². The van der Waals surface area contributed by atoms with Crippen molar-refractivity contribution < 1.29 is 0 Å². The monoisotopic (exact) mass is 597 g/mol. The van der Waals surface area contributed by atoms with Crippen molar-refractivity contribution in [3.63, 3.8) is 0 Å². The van der Waals surface area contributed by atoms with E-state index < -0.39 is 21.8 Å². The summed E-state index contributed by atoms with van der Waals surface area (Å²) >= 11 is -2.31. The quantitative estimate of drug-likeness (QED) is 0.394. The SMILES string of the molecule is CCNCC.CCc1cccc[c]1[Bi]([c]1ccc(C)cc1C)[c]1ccccc1CC. The Hall–Kier alpha value is -1.50. The molecule has 1 N–H and O–H groups in total. The Morgan fingerprint density at radius 3 is 1.53 bits per heavy atom. The van der Waals surface area contributed by atoms with E-state index in [9.17, 15) is 0 Å². The summed E-state index contributed by atoms with van der Waals surface area (Å²) in [6, 6.07) is 25.4. The summed E-state index contributed by atoms with van der Waals surface area (Å²) in [6.07, 6.45) is 2.22. The van der Waals surface area contributed by atoms with Gasteiger partial charge in [0.15, 0.2) is 0 Å². The summed E-state index contributed by atoms with van der Waals surface area (Å²) in [5.41, 5.74) is 5.89. The van der Waals surface area contributed by atoms with Gasteiger partial charge in [-0.3, -0.25) is 0 Å². The van der Waals surface area contributed by atoms with E-state index in [2.05, 4.69) is 114 Å². The second kappa shape index (κ2) is 13.0. The van der Waals surface area contributed by atoms with Crippen LogP contribution in [0.3, 0.4) is 0 Å². The van der Waals surface area contributed by atoms with Gasteiger partial charge >= 0.3 is 161 Å². The molecule has 2 heteroatoms. The zero-order valence-electron chi connectivity index (χ0n) is 19.6. The van der Waals surface area contributed by atoms with Gasteiger partial charge < -0.3 is 5.32 Å². The van der Waals surface area contributed by atoms with Crippen molar-refractivity contribution in [2.45, 2.75) is 54.4 Å². The Morgan fingerprint density at radius 2 is 1.13 bits per heavy atom. The molecule has 0 spiro atoms. The van der Waals surface area contributed by atoms with Gasteiger partial charge in [0.25, 0.3) is 0 Å². The molecule has 0 aliphatic rings. The summed E-state index contributed by atoms with van der Waals surface area (Å²) in [6.45, 7) is 15.5. The maximum atomic E-state index is 3.11. The summed E-state index contributed by atoms with van der Waals surface area (Å²) in [5.74, 6) is 0. The average molecular weight is 598 g/mol. The normalized spacial score (nSPS) is 10.6. The third-order valence-electron chi connectivity index (χ3n) is 5.32. The van der Waals surface area contributed by atoms with Gasteiger partial charge in [-0.15, -0.1) is 0 Å². The first-order valence-corrected chi connectivity index (χ1v) is 16.5. The molecule has 1 nitrogen and oxygen atoms in total. The van der Waals surface area contributed by atoms with Crippen LogP contribution in [0.15, 0.2) is 66.7 Å². The van der Waals surface area contributed by atoms with E-state index in [-0.39, 0.29) is 0 Å². The predicted molar refractivity (Wildman–Crippen MR) is 136 cm³/mol. The fraction of sp³-hybridized carbons (Fsp3) is 0.357. The molecule has 3 rings (SSSR count). The van der Waals surface area contributed by atoms with Gasteiger partial charge in [0.1, 0.15) is 0 Å². The van der Waals surface area contributed by atoms with Gasteiger partial charge in [-0.25, -0.2) is 0 Å². The van der Waals surface area contributed by atoms with Crippen molar-refractivity contribution in [2.24, 2.45) is 0 Å². The Morgan fingerprint density at radius 1 is 0.633 bits per heavy atom. The fourth-order valence-corrected chi connectivity index (χ4v) is 15.1. The Balaban J connectivity index is 0.000000575. The zero-order valence-corrected chi connectivity index (χ0v) is 23.1. The van der Waals surface area contributed by atoms with Crippen LogP contribution < -0.4 is 15.1 Å². The molecule has 30 heavy (non-hydrogen) atoms. The van der Waals surface area contributed by atoms with Crippen molar-refractivity contribution >= 4 is 31.6 Å². The van der Waals surface area contributed by atoms with E-state index in [1.165, 1.54) is 22.3 Å². The van der Waals surface area contributed by atoms with Crippen LogP contribution in [0.2, 0.25) is 0 Å². The van der Waals surface area contributed by atoms with Gasteiger partial charge in [0.2, 0.25) is 0 Å². The molecule has 0 fully saturated rings. The van der Waals surface area contributed by atoms with Crippen molar-refractivity contribution in [1.82, 2.24) is 5.32 Å². The number of rotatable bonds is 7. The third-order valence-corrected chi connectivity index (χ3v) is 16.3. The Kier molecular flexibility index (Phi) is 10.8. The summed E-state index contributed by atoms with van der Waals surface area (Å²) < 4.78 is 4.92. The second-order valence-electron chi connectivity index (χ2n) is 7.55. The number of aryl methyl sites for hydroxylation is 4. The molecule has 0 atom stereocenters. The van der Waals surface area contributed by atoms with Crippen LogP contribution in [-0.4, -0.2) is 34.8 Å². The molecule has 0 bridgehead atoms. The van der Waals surface area contributed by atoms with Crippen molar-refractivity contribution in [3.05, 3.63) is 89.0 Å². The van der Waals surface area contributed by atoms with Crippen LogP contribution in [0.4, 0.5) is 0 Å². The van der Waals surface area contributed by atoms with Crippen molar-refractivity contribution in [3.8, 4) is 0 Å². The molecule has 0 unspecified atom stereocenters. The van der Waals surface area contributed by atoms with Crippen LogP contribution in [0, 0.1) is 13.8 Å². The van der Waals surface area contributed by atoms with Crippen LogP contribution in [0.25, 0.3) is 0 Å². The zero-order chi connectivity index (χ0) is 21.9. The average Bonchev–Trinajstić information content (AvgIpc) is 2.77. The number of benzene rings is 3. The van der Waals surface area contributed by atoms with Crippen LogP contribution >= 0.6 is 0 Å². The first-order valence-electron chi connectivity index (χ1n) is 11.3. The first-order chi connectivity index (χ1) is 14.6. The van der Waals surface area contributed by atoms with E-state index in [1.54, 1.807) is 9.81 Å². The van der Waals surface area contributed by atoms with E-state index in [0.29, 0.717) is 0 Å². The van der Waals surface area contributed by atoms with E-state index in [0.717, 1.165) is 25.9 Å². The molecule has 0 amide bonds. The molecule has 3 aromatic carbocycles. The molecule has 0 saturated carbocycles. The van der Waals surface area contributed by atoms with Crippen molar-refractivity contribution in [1.29, 1.82) is 0 Å². The minimum absolute atomic E-state index is 1.09. The van der Waals surface area contributed by atoms with E-state index in [4.69, 9.17) is 0 Å². The predicted octanol–water partition coefficient (Wildman–Crippen LogP) is 4.56. The molecule has 0 aromatic heterocycles. The fourth-order valence-electron chi connectivity index (χ4n) is 3.75. The standard InChI is InChI=1S/3C8H9.C4H11N.Bi/c1-7-4-3-5-8(2)6-7;2*1-2-8-6-4-3-5-7-8;1-3-5-4-2;/h3-4,6H,1-2H3;2*3-6H,2H2,1H3;5H,3-4H2,1-2H3;. The Bertz CT molecular complexity index is 867. The number of hydrogen-bond acceptors (Lipinski definition) is 1. The minimum atomic E-state index is -2.31. The molecule has 0 aliphatic carbocycles. The Labute approximate surface area is 192 Å². The summed E-state index contributed by atoms with van der Waals surface area (Å²) in [4.78, 5) is 0. The van der Waals surface area contributed by atoms with Gasteiger partial charge in [-0.05, 0) is 13.1 Å². The molecule has 0 heterocycles. The molecular weight excluding hydrogens is 559 g/mol. The van der Waals surface area contributed by atoms with E-state index in [1.807, 2.05) is 0 Å². The summed E-state index contributed by atoms with van der Waals surface area (Å²) in [7, 11) is 0. The maximum absolute atomic E-state index is 3.11. The van der Waals surface area contributed by atoms with Crippen LogP contribution in [-0.2, 0) is 12.8 Å². The summed E-state index contributed by atoms with van der Waals surface area (Å²) in [5, 5.41) is 3.11. The third kappa shape index (κ3) is 6.50. The van der Waals surface area contributed by atoms with Crippen molar-refractivity contribution in [2.75, 3.05) is 13.1 Å². The van der Waals surface area contributed by atoms with Gasteiger partial charge in [0.05, 0.1) is 0 Å². The molecular formula is C28H38BiN. The molecule has 0 saturated heterocycles. The number of hydrogen-bond donors (Lipinski definition) is 1. The molecule has 3 aromatic rings. The van der Waals surface area contributed by atoms with Gasteiger partial charge in [0, 0.05) is 0 Å². The van der Waals surface area contributed by atoms with Gasteiger partial charge in [-0.1, -0.05) is 13.8 Å². The number of nitrogens with one attached hydrogen (secondary N) is 1. The van der Waals surface area contributed by atoms with E-state index >= 15 is 0 Å². The second-order valence-corrected chi connectivity index (χ2v) is 15.8. The molecule has 0 radical (unpaired) electrons. The van der Waals surface area contributed by atoms with Crippen LogP contribution in [0.5, 0.6) is 0 Å². The molecule has 0 aliphatic heterocycles. The topological polar surface area (TPSA) is 12.0 Å². The molecule has 160 valence electrons. The van der Waals surface area contributed by atoms with Crippen LogP contribution in [0.1, 0.15) is 49.9 Å².